The fraction of sp³-hybridized carbons (Fsp3) is 0.613. The van der Waals surface area contributed by atoms with Crippen LogP contribution in [0.3, 0.4) is 0 Å². The summed E-state index contributed by atoms with van der Waals surface area (Å²) in [5.74, 6) is 0.167. The number of hydrogen-bond acceptors (Lipinski definition) is 5. The quantitative estimate of drug-likeness (QED) is 0.202. The van der Waals surface area contributed by atoms with E-state index in [1.54, 1.807) is 0 Å². The highest BCUT2D eigenvalue weighted by molar-refractivity contribution is 7.89. The Bertz CT molecular complexity index is 1040. The lowest BCUT2D eigenvalue weighted by Crippen LogP contribution is -2.46. The SMILES string of the molecule is O=S(=O)(CCCCCCCCCCCCN1CCN(Cc2ccccc2-c2ccc(Cl)cc2)CC1)NCCO. The van der Waals surface area contributed by atoms with Crippen LogP contribution in [0.2, 0.25) is 5.02 Å². The van der Waals surface area contributed by atoms with E-state index < -0.39 is 10.0 Å². The second-order valence-electron chi connectivity index (χ2n) is 10.8. The Morgan fingerprint density at radius 1 is 0.744 bits per heavy atom. The van der Waals surface area contributed by atoms with Crippen LogP contribution in [0, 0.1) is 0 Å². The van der Waals surface area contributed by atoms with Gasteiger partial charge in [-0.05, 0) is 48.2 Å². The second kappa shape index (κ2) is 18.1. The summed E-state index contributed by atoms with van der Waals surface area (Å²) in [6.07, 6.45) is 11.7. The van der Waals surface area contributed by atoms with Gasteiger partial charge >= 0.3 is 0 Å². The Kier molecular flexibility index (Phi) is 14.8. The molecule has 2 aromatic rings. The van der Waals surface area contributed by atoms with Gasteiger partial charge in [0, 0.05) is 44.3 Å². The van der Waals surface area contributed by atoms with Crippen LogP contribution in [0.5, 0.6) is 0 Å². The average Bonchev–Trinajstić information content (AvgIpc) is 2.94. The van der Waals surface area contributed by atoms with Crippen LogP contribution < -0.4 is 4.72 Å². The molecular weight excluding hydrogens is 530 g/mol. The van der Waals surface area contributed by atoms with Gasteiger partial charge in [-0.3, -0.25) is 4.90 Å². The molecule has 1 saturated heterocycles. The largest absolute Gasteiger partial charge is 0.395 e. The Hall–Kier alpha value is -1.48. The van der Waals surface area contributed by atoms with Crippen LogP contribution in [0.1, 0.15) is 69.8 Å². The number of sulfonamides is 1. The number of rotatable bonds is 19. The summed E-state index contributed by atoms with van der Waals surface area (Å²) in [5, 5.41) is 9.48. The number of unbranched alkanes of at least 4 members (excludes halogenated alkanes) is 9. The van der Waals surface area contributed by atoms with E-state index in [9.17, 15) is 8.42 Å². The van der Waals surface area contributed by atoms with Crippen LogP contribution in [0.15, 0.2) is 48.5 Å². The molecule has 0 atom stereocenters. The minimum absolute atomic E-state index is 0.112. The third kappa shape index (κ3) is 12.7. The summed E-state index contributed by atoms with van der Waals surface area (Å²) in [6, 6.07) is 16.9. The van der Waals surface area contributed by atoms with E-state index in [4.69, 9.17) is 16.7 Å². The van der Waals surface area contributed by atoms with Gasteiger partial charge in [-0.15, -0.1) is 0 Å². The van der Waals surface area contributed by atoms with E-state index in [2.05, 4.69) is 50.9 Å². The van der Waals surface area contributed by atoms with E-state index in [1.165, 1.54) is 68.2 Å². The zero-order valence-corrected chi connectivity index (χ0v) is 25.1. The summed E-state index contributed by atoms with van der Waals surface area (Å²) < 4.78 is 25.7. The summed E-state index contributed by atoms with van der Waals surface area (Å²) in [6.45, 7) is 6.72. The molecule has 2 N–H and O–H groups in total. The minimum atomic E-state index is -3.21. The fourth-order valence-electron chi connectivity index (χ4n) is 5.30. The first-order valence-electron chi connectivity index (χ1n) is 14.8. The molecule has 8 heteroatoms. The zero-order chi connectivity index (χ0) is 27.8. The number of hydrogen-bond donors (Lipinski definition) is 2. The summed E-state index contributed by atoms with van der Waals surface area (Å²) in [5.41, 5.74) is 3.91. The second-order valence-corrected chi connectivity index (χ2v) is 13.1. The molecule has 0 bridgehead atoms. The molecule has 0 amide bonds. The Morgan fingerprint density at radius 3 is 1.95 bits per heavy atom. The van der Waals surface area contributed by atoms with Crippen molar-refractivity contribution >= 4 is 21.6 Å². The van der Waals surface area contributed by atoms with Crippen LogP contribution in [-0.4, -0.2) is 75.0 Å². The third-order valence-corrected chi connectivity index (χ3v) is 9.32. The van der Waals surface area contributed by atoms with Crippen LogP contribution >= 0.6 is 11.6 Å². The van der Waals surface area contributed by atoms with E-state index in [0.717, 1.165) is 50.6 Å². The predicted octanol–water partition coefficient (Wildman–Crippen LogP) is 5.94. The zero-order valence-electron chi connectivity index (χ0n) is 23.5. The lowest BCUT2D eigenvalue weighted by Gasteiger charge is -2.35. The molecule has 1 heterocycles. The van der Waals surface area contributed by atoms with Gasteiger partial charge in [0.15, 0.2) is 0 Å². The van der Waals surface area contributed by atoms with Crippen molar-refractivity contribution in [1.82, 2.24) is 14.5 Å². The van der Waals surface area contributed by atoms with Crippen LogP contribution in [0.4, 0.5) is 0 Å². The molecule has 218 valence electrons. The van der Waals surface area contributed by atoms with E-state index >= 15 is 0 Å². The first kappa shape index (κ1) is 32.0. The highest BCUT2D eigenvalue weighted by atomic mass is 35.5. The standard InChI is InChI=1S/C31H48ClN3O3S/c32-30-17-15-28(16-18-30)31-14-10-9-13-29(31)27-35-23-21-34(22-24-35)20-11-7-5-3-1-2-4-6-8-12-26-39(37,38)33-19-25-36/h9-10,13-18,33,36H,1-8,11-12,19-27H2. The maximum absolute atomic E-state index is 11.7. The molecule has 0 saturated carbocycles. The number of halogens is 1. The van der Waals surface area contributed by atoms with Gasteiger partial charge in [0.1, 0.15) is 0 Å². The molecule has 39 heavy (non-hydrogen) atoms. The van der Waals surface area contributed by atoms with Gasteiger partial charge in [0.05, 0.1) is 12.4 Å². The number of nitrogens with one attached hydrogen (secondary N) is 1. The molecule has 1 fully saturated rings. The number of piperazine rings is 1. The van der Waals surface area contributed by atoms with Gasteiger partial charge in [-0.1, -0.05) is 99.4 Å². The van der Waals surface area contributed by atoms with Crippen molar-refractivity contribution in [3.8, 4) is 11.1 Å². The summed E-state index contributed by atoms with van der Waals surface area (Å²) in [4.78, 5) is 5.21. The number of nitrogens with zero attached hydrogens (tertiary/aromatic N) is 2. The van der Waals surface area contributed by atoms with Crippen LogP contribution in [0.25, 0.3) is 11.1 Å². The Labute approximate surface area is 241 Å². The predicted molar refractivity (Wildman–Crippen MR) is 164 cm³/mol. The maximum atomic E-state index is 11.7. The number of benzene rings is 2. The van der Waals surface area contributed by atoms with Gasteiger partial charge in [-0.2, -0.15) is 0 Å². The molecule has 6 nitrogen and oxygen atoms in total. The van der Waals surface area contributed by atoms with Gasteiger partial charge in [-0.25, -0.2) is 13.1 Å². The van der Waals surface area contributed by atoms with Gasteiger partial charge in [0.25, 0.3) is 0 Å². The van der Waals surface area contributed by atoms with Gasteiger partial charge < -0.3 is 10.0 Å². The molecular formula is C31H48ClN3O3S. The Morgan fingerprint density at radius 2 is 1.31 bits per heavy atom. The highest BCUT2D eigenvalue weighted by Gasteiger charge is 2.18. The molecule has 2 aromatic carbocycles. The number of aliphatic hydroxyl groups is 1. The lowest BCUT2D eigenvalue weighted by atomic mass is 9.99. The Balaban J connectivity index is 1.18. The first-order chi connectivity index (χ1) is 19.0. The van der Waals surface area contributed by atoms with E-state index in [-0.39, 0.29) is 18.9 Å². The smallest absolute Gasteiger partial charge is 0.211 e. The first-order valence-corrected chi connectivity index (χ1v) is 16.9. The molecule has 0 spiro atoms. The van der Waals surface area contributed by atoms with E-state index in [0.29, 0.717) is 6.42 Å². The van der Waals surface area contributed by atoms with E-state index in [1.807, 2.05) is 12.1 Å². The molecule has 3 rings (SSSR count). The highest BCUT2D eigenvalue weighted by Crippen LogP contribution is 2.26. The van der Waals surface area contributed by atoms with Crippen molar-refractivity contribution in [3.05, 3.63) is 59.1 Å². The average molecular weight is 578 g/mol. The monoisotopic (exact) mass is 577 g/mol. The van der Waals surface area contributed by atoms with Crippen molar-refractivity contribution < 1.29 is 13.5 Å². The molecule has 1 aliphatic heterocycles. The van der Waals surface area contributed by atoms with Crippen molar-refractivity contribution in [2.24, 2.45) is 0 Å². The van der Waals surface area contributed by atoms with Crippen molar-refractivity contribution in [2.45, 2.75) is 70.8 Å². The molecule has 0 aromatic heterocycles. The maximum Gasteiger partial charge on any atom is 0.211 e. The van der Waals surface area contributed by atoms with Gasteiger partial charge in [0.2, 0.25) is 10.0 Å². The summed E-state index contributed by atoms with van der Waals surface area (Å²) >= 11 is 6.09. The third-order valence-electron chi connectivity index (χ3n) is 7.60. The van der Waals surface area contributed by atoms with Crippen LogP contribution in [-0.2, 0) is 16.6 Å². The lowest BCUT2D eigenvalue weighted by molar-refractivity contribution is 0.125. The van der Waals surface area contributed by atoms with Crippen molar-refractivity contribution in [3.63, 3.8) is 0 Å². The fourth-order valence-corrected chi connectivity index (χ4v) is 6.55. The molecule has 0 radical (unpaired) electrons. The van der Waals surface area contributed by atoms with Crippen molar-refractivity contribution in [1.29, 1.82) is 0 Å². The normalized spacial score (nSPS) is 15.1. The minimum Gasteiger partial charge on any atom is -0.395 e. The molecule has 1 aliphatic rings. The molecule has 0 unspecified atom stereocenters. The topological polar surface area (TPSA) is 72.9 Å². The van der Waals surface area contributed by atoms with Crippen molar-refractivity contribution in [2.75, 3.05) is 51.6 Å². The molecule has 0 aliphatic carbocycles. The summed E-state index contributed by atoms with van der Waals surface area (Å²) in [7, 11) is -3.21. The number of aliphatic hydroxyl groups excluding tert-OH is 1.